The number of fused-ring (bicyclic) bond motifs is 1. The standard InChI is InChI=1S/C32H29ClN2O5S/c1-4-38-26-17-22(15-16-25(26)40-19-21-11-7-6-8-12-21)18-27-30(36)35-29(23-13-9-10-14-24(23)33)28(31(37)39-5-2)20(3)34-32(35)41-27/h6-18,29H,4-5,19H2,1-3H3/b27-18+/t29-/m1/s1. The highest BCUT2D eigenvalue weighted by Gasteiger charge is 2.34. The Hall–Kier alpha value is -4.14. The molecule has 0 saturated carbocycles. The molecule has 5 rings (SSSR count). The molecule has 1 aromatic heterocycles. The van der Waals surface area contributed by atoms with Gasteiger partial charge in [0, 0.05) is 5.02 Å². The summed E-state index contributed by atoms with van der Waals surface area (Å²) < 4.78 is 19.2. The molecule has 0 aliphatic carbocycles. The van der Waals surface area contributed by atoms with Crippen LogP contribution in [0.3, 0.4) is 0 Å². The minimum atomic E-state index is -0.770. The second-order valence-corrected chi connectivity index (χ2v) is 10.7. The lowest BCUT2D eigenvalue weighted by atomic mass is 9.96. The molecule has 2 heterocycles. The molecular formula is C32H29ClN2O5S. The first kappa shape index (κ1) is 28.4. The van der Waals surface area contributed by atoms with Crippen molar-refractivity contribution in [1.82, 2.24) is 4.57 Å². The Morgan fingerprint density at radius 3 is 2.49 bits per heavy atom. The lowest BCUT2D eigenvalue weighted by molar-refractivity contribution is -0.139. The maximum Gasteiger partial charge on any atom is 0.338 e. The van der Waals surface area contributed by atoms with Crippen molar-refractivity contribution in [2.45, 2.75) is 33.4 Å². The van der Waals surface area contributed by atoms with E-state index in [9.17, 15) is 9.59 Å². The molecule has 1 aliphatic rings. The van der Waals surface area contributed by atoms with Crippen LogP contribution in [0, 0.1) is 0 Å². The van der Waals surface area contributed by atoms with E-state index in [1.54, 1.807) is 32.1 Å². The zero-order valence-electron chi connectivity index (χ0n) is 22.9. The van der Waals surface area contributed by atoms with Crippen LogP contribution in [-0.2, 0) is 16.1 Å². The molecule has 0 spiro atoms. The minimum Gasteiger partial charge on any atom is -0.490 e. The second-order valence-electron chi connectivity index (χ2n) is 9.24. The number of esters is 1. The monoisotopic (exact) mass is 588 g/mol. The van der Waals surface area contributed by atoms with Gasteiger partial charge in [-0.3, -0.25) is 9.36 Å². The van der Waals surface area contributed by atoms with Gasteiger partial charge in [-0.2, -0.15) is 0 Å². The molecule has 41 heavy (non-hydrogen) atoms. The number of carbonyl (C=O) groups excluding carboxylic acids is 1. The molecule has 4 aromatic rings. The number of hydrogen-bond donors (Lipinski definition) is 0. The van der Waals surface area contributed by atoms with E-state index >= 15 is 0 Å². The molecule has 210 valence electrons. The predicted octanol–water partition coefficient (Wildman–Crippen LogP) is 5.43. The van der Waals surface area contributed by atoms with Gasteiger partial charge in [0.2, 0.25) is 0 Å². The summed E-state index contributed by atoms with van der Waals surface area (Å²) in [5.41, 5.74) is 2.93. The van der Waals surface area contributed by atoms with E-state index in [1.807, 2.05) is 67.6 Å². The van der Waals surface area contributed by atoms with E-state index in [0.717, 1.165) is 11.1 Å². The van der Waals surface area contributed by atoms with Gasteiger partial charge in [0.15, 0.2) is 16.3 Å². The summed E-state index contributed by atoms with van der Waals surface area (Å²) in [6.07, 6.45) is 1.79. The summed E-state index contributed by atoms with van der Waals surface area (Å²) in [5.74, 6) is 0.669. The first-order valence-corrected chi connectivity index (χ1v) is 14.5. The minimum absolute atomic E-state index is 0.197. The molecule has 0 saturated heterocycles. The summed E-state index contributed by atoms with van der Waals surface area (Å²) in [6, 6.07) is 21.9. The molecule has 9 heteroatoms. The molecule has 0 N–H and O–H groups in total. The van der Waals surface area contributed by atoms with Crippen LogP contribution in [0.1, 0.15) is 43.5 Å². The van der Waals surface area contributed by atoms with Crippen molar-refractivity contribution in [1.29, 1.82) is 0 Å². The Bertz CT molecular complexity index is 1790. The van der Waals surface area contributed by atoms with E-state index in [-0.39, 0.29) is 17.7 Å². The van der Waals surface area contributed by atoms with Crippen molar-refractivity contribution in [3.8, 4) is 11.5 Å². The molecule has 0 bridgehead atoms. The third-order valence-corrected chi connectivity index (χ3v) is 7.85. The highest BCUT2D eigenvalue weighted by atomic mass is 35.5. The smallest absolute Gasteiger partial charge is 0.338 e. The maximum absolute atomic E-state index is 13.9. The number of hydrogen-bond acceptors (Lipinski definition) is 7. The normalized spacial score (nSPS) is 14.8. The van der Waals surface area contributed by atoms with Crippen molar-refractivity contribution in [3.05, 3.63) is 125 Å². The zero-order chi connectivity index (χ0) is 28.9. The molecule has 0 unspecified atom stereocenters. The molecule has 0 fully saturated rings. The van der Waals surface area contributed by atoms with Crippen LogP contribution in [0.4, 0.5) is 0 Å². The third-order valence-electron chi connectivity index (χ3n) is 6.52. The topological polar surface area (TPSA) is 79.1 Å². The first-order valence-electron chi connectivity index (χ1n) is 13.3. The van der Waals surface area contributed by atoms with E-state index in [0.29, 0.717) is 50.3 Å². The van der Waals surface area contributed by atoms with Gasteiger partial charge in [0.05, 0.1) is 29.0 Å². The van der Waals surface area contributed by atoms with E-state index in [1.165, 1.54) is 15.9 Å². The number of halogens is 1. The quantitative estimate of drug-likeness (QED) is 0.244. The zero-order valence-corrected chi connectivity index (χ0v) is 24.5. The summed E-state index contributed by atoms with van der Waals surface area (Å²) in [7, 11) is 0. The summed E-state index contributed by atoms with van der Waals surface area (Å²) in [6.45, 7) is 6.45. The van der Waals surface area contributed by atoms with Crippen molar-refractivity contribution >= 4 is 35.0 Å². The number of ether oxygens (including phenoxy) is 3. The fraction of sp³-hybridized carbons (Fsp3) is 0.219. The Kier molecular flexibility index (Phi) is 8.71. The number of nitrogens with zero attached hydrogens (tertiary/aromatic N) is 2. The van der Waals surface area contributed by atoms with Crippen LogP contribution < -0.4 is 24.4 Å². The third kappa shape index (κ3) is 5.99. The molecule has 1 atom stereocenters. The number of allylic oxidation sites excluding steroid dienone is 1. The van der Waals surface area contributed by atoms with E-state index in [2.05, 4.69) is 4.99 Å². The Balaban J connectivity index is 1.57. The van der Waals surface area contributed by atoms with Crippen LogP contribution in [0.25, 0.3) is 6.08 Å². The first-order chi connectivity index (χ1) is 19.9. The number of benzene rings is 3. The van der Waals surface area contributed by atoms with Crippen molar-refractivity contribution in [3.63, 3.8) is 0 Å². The van der Waals surface area contributed by atoms with Crippen LogP contribution in [-0.4, -0.2) is 23.8 Å². The Morgan fingerprint density at radius 2 is 1.76 bits per heavy atom. The SMILES string of the molecule is CCOC(=O)C1=C(C)N=c2s/c(=C/c3ccc(OCc4ccccc4)c(OCC)c3)c(=O)n2[C@@H]1c1ccccc1Cl. The van der Waals surface area contributed by atoms with Crippen molar-refractivity contribution in [2.24, 2.45) is 4.99 Å². The number of rotatable bonds is 9. The number of aromatic nitrogens is 1. The fourth-order valence-corrected chi connectivity index (χ4v) is 5.96. The van der Waals surface area contributed by atoms with Gasteiger partial charge in [-0.05, 0) is 61.7 Å². The highest BCUT2D eigenvalue weighted by molar-refractivity contribution is 7.07. The number of thiazole rings is 1. The second kappa shape index (κ2) is 12.6. The summed E-state index contributed by atoms with van der Waals surface area (Å²) in [4.78, 5) is 32.1. The van der Waals surface area contributed by atoms with Crippen LogP contribution in [0.15, 0.2) is 93.9 Å². The molecular weight excluding hydrogens is 560 g/mol. The van der Waals surface area contributed by atoms with E-state index < -0.39 is 12.0 Å². The van der Waals surface area contributed by atoms with Crippen molar-refractivity contribution in [2.75, 3.05) is 13.2 Å². The van der Waals surface area contributed by atoms with Gasteiger partial charge in [-0.1, -0.05) is 77.5 Å². The van der Waals surface area contributed by atoms with Gasteiger partial charge in [-0.15, -0.1) is 0 Å². The van der Waals surface area contributed by atoms with Gasteiger partial charge < -0.3 is 14.2 Å². The molecule has 1 aliphatic heterocycles. The predicted molar refractivity (Wildman–Crippen MR) is 160 cm³/mol. The Morgan fingerprint density at radius 1 is 1.00 bits per heavy atom. The van der Waals surface area contributed by atoms with Crippen LogP contribution in [0.2, 0.25) is 5.02 Å². The van der Waals surface area contributed by atoms with Crippen LogP contribution >= 0.6 is 22.9 Å². The number of carbonyl (C=O) groups is 1. The average Bonchev–Trinajstić information content (AvgIpc) is 3.27. The van der Waals surface area contributed by atoms with Gasteiger partial charge in [-0.25, -0.2) is 9.79 Å². The fourth-order valence-electron chi connectivity index (χ4n) is 4.67. The van der Waals surface area contributed by atoms with Gasteiger partial charge >= 0.3 is 5.97 Å². The maximum atomic E-state index is 13.9. The van der Waals surface area contributed by atoms with Crippen molar-refractivity contribution < 1.29 is 19.0 Å². The lowest BCUT2D eigenvalue weighted by Crippen LogP contribution is -2.40. The molecule has 3 aromatic carbocycles. The van der Waals surface area contributed by atoms with Gasteiger partial charge in [0.1, 0.15) is 12.6 Å². The Labute approximate surface area is 246 Å². The van der Waals surface area contributed by atoms with Gasteiger partial charge in [0.25, 0.3) is 5.56 Å². The lowest BCUT2D eigenvalue weighted by Gasteiger charge is -2.25. The summed E-state index contributed by atoms with van der Waals surface area (Å²) >= 11 is 7.83. The summed E-state index contributed by atoms with van der Waals surface area (Å²) in [5, 5.41) is 0.441. The molecule has 7 nitrogen and oxygen atoms in total. The molecule has 0 radical (unpaired) electrons. The average molecular weight is 589 g/mol. The molecule has 0 amide bonds. The van der Waals surface area contributed by atoms with Crippen LogP contribution in [0.5, 0.6) is 11.5 Å². The highest BCUT2D eigenvalue weighted by Crippen LogP contribution is 2.34. The largest absolute Gasteiger partial charge is 0.490 e. The van der Waals surface area contributed by atoms with E-state index in [4.69, 9.17) is 25.8 Å².